The maximum Gasteiger partial charge on any atom is 0.407 e. The van der Waals surface area contributed by atoms with Crippen LogP contribution in [0.15, 0.2) is 18.2 Å². The van der Waals surface area contributed by atoms with E-state index in [1.807, 2.05) is 11.8 Å². The summed E-state index contributed by atoms with van der Waals surface area (Å²) in [5, 5.41) is 55.1. The number of fused-ring (bicyclic) bond motifs is 6. The van der Waals surface area contributed by atoms with Gasteiger partial charge in [0.25, 0.3) is 0 Å². The minimum Gasteiger partial charge on any atom is -0.507 e. The third-order valence-electron chi connectivity index (χ3n) is 12.5. The number of aliphatic hydroxyl groups is 1. The van der Waals surface area contributed by atoms with Crippen LogP contribution >= 0.6 is 0 Å². The molecule has 1 amide bonds. The molecule has 0 bridgehead atoms. The van der Waals surface area contributed by atoms with E-state index >= 15 is 0 Å². The van der Waals surface area contributed by atoms with Crippen LogP contribution < -0.4 is 4.74 Å². The normalized spacial score (nSPS) is 31.8. The van der Waals surface area contributed by atoms with Crippen LogP contribution in [0, 0.1) is 5.41 Å². The smallest absolute Gasteiger partial charge is 0.407 e. The maximum absolute atomic E-state index is 14.2. The number of piperidine rings is 1. The fourth-order valence-corrected chi connectivity index (χ4v) is 9.56. The predicted molar refractivity (Wildman–Crippen MR) is 194 cm³/mol. The second-order valence-electron chi connectivity index (χ2n) is 15.6. The van der Waals surface area contributed by atoms with Crippen LogP contribution in [-0.4, -0.2) is 161 Å². The Morgan fingerprint density at radius 2 is 1.82 bits per heavy atom. The third-order valence-corrected chi connectivity index (χ3v) is 12.5. The van der Waals surface area contributed by atoms with Gasteiger partial charge in [-0.15, -0.1) is 0 Å². The number of nitrogens with one attached hydrogen (secondary N) is 1. The number of phenols is 2. The fourth-order valence-electron chi connectivity index (χ4n) is 9.56. The van der Waals surface area contributed by atoms with E-state index in [0.717, 1.165) is 0 Å². The Kier molecular flexibility index (Phi) is 10.1. The number of Topliss-reactive ketones (excluding diaryl/α,β-unsaturated/α-hetero) is 1. The number of benzene rings is 2. The molecule has 8 rings (SSSR count). The number of carbonyl (C=O) groups is 3. The average molecular weight is 781 g/mol. The summed E-state index contributed by atoms with van der Waals surface area (Å²) in [5.41, 5.74) is -2.60. The number of phenolic OH excluding ortho intramolecular Hbond substituents is 2. The van der Waals surface area contributed by atoms with Crippen LogP contribution in [0.25, 0.3) is 0 Å². The van der Waals surface area contributed by atoms with Gasteiger partial charge in [0.05, 0.1) is 54.9 Å². The van der Waals surface area contributed by atoms with Crippen molar-refractivity contribution in [2.24, 2.45) is 0 Å². The number of rotatable bonds is 8. The van der Waals surface area contributed by atoms with Gasteiger partial charge >= 0.3 is 6.09 Å². The van der Waals surface area contributed by atoms with Crippen LogP contribution in [0.2, 0.25) is 0 Å². The minimum absolute atomic E-state index is 0.0373. The zero-order chi connectivity index (χ0) is 39.8. The summed E-state index contributed by atoms with van der Waals surface area (Å²) in [6, 6.07) is 4.33. The summed E-state index contributed by atoms with van der Waals surface area (Å²) in [6.07, 6.45) is -4.47. The van der Waals surface area contributed by atoms with E-state index in [1.165, 1.54) is 25.1 Å². The van der Waals surface area contributed by atoms with Crippen molar-refractivity contribution in [1.82, 2.24) is 14.7 Å². The Morgan fingerprint density at radius 3 is 2.52 bits per heavy atom. The Bertz CT molecular complexity index is 1950. The molecule has 2 aromatic carbocycles. The van der Waals surface area contributed by atoms with Crippen molar-refractivity contribution in [3.63, 3.8) is 0 Å². The summed E-state index contributed by atoms with van der Waals surface area (Å²) in [7, 11) is 4.48. The quantitative estimate of drug-likeness (QED) is 0.206. The number of methoxy groups -OCH3 is 2. The van der Waals surface area contributed by atoms with Crippen LogP contribution in [0.5, 0.6) is 17.2 Å². The lowest BCUT2D eigenvalue weighted by Crippen LogP contribution is -2.55. The summed E-state index contributed by atoms with van der Waals surface area (Å²) < 4.78 is 36.1. The number of morpholine rings is 1. The zero-order valence-electron chi connectivity index (χ0n) is 31.7. The van der Waals surface area contributed by atoms with Crippen molar-refractivity contribution in [2.75, 3.05) is 54.1 Å². The topological polar surface area (TPSA) is 221 Å². The number of ether oxygens (including phenoxy) is 6. The van der Waals surface area contributed by atoms with Crippen LogP contribution in [0.4, 0.5) is 4.79 Å². The van der Waals surface area contributed by atoms with Crippen molar-refractivity contribution in [1.29, 1.82) is 5.41 Å². The summed E-state index contributed by atoms with van der Waals surface area (Å²) in [6.45, 7) is 3.55. The van der Waals surface area contributed by atoms with Gasteiger partial charge in [0.15, 0.2) is 30.4 Å². The molecule has 0 radical (unpaired) electrons. The van der Waals surface area contributed by atoms with Gasteiger partial charge in [-0.25, -0.2) is 4.79 Å². The lowest BCUT2D eigenvalue weighted by molar-refractivity contribution is -0.256. The third kappa shape index (κ3) is 6.25. The molecule has 0 unspecified atom stereocenters. The molecule has 4 heterocycles. The second-order valence-corrected chi connectivity index (χ2v) is 15.6. The second kappa shape index (κ2) is 14.6. The van der Waals surface area contributed by atoms with Crippen LogP contribution in [-0.2, 0) is 34.9 Å². The molecule has 4 fully saturated rings. The van der Waals surface area contributed by atoms with E-state index in [0.29, 0.717) is 45.5 Å². The first-order chi connectivity index (χ1) is 26.8. The first-order valence-corrected chi connectivity index (χ1v) is 19.0. The molecule has 4 aliphatic heterocycles. The molecule has 8 atom stereocenters. The summed E-state index contributed by atoms with van der Waals surface area (Å²) >= 11 is 0. The molecule has 0 saturated carbocycles. The predicted octanol–water partition coefficient (Wildman–Crippen LogP) is 1.98. The van der Waals surface area contributed by atoms with E-state index in [1.54, 1.807) is 19.2 Å². The molecular formula is C39H48N4O13. The van der Waals surface area contributed by atoms with Crippen molar-refractivity contribution in [2.45, 2.75) is 93.8 Å². The number of carbonyl (C=O) groups excluding carboxylic acids is 2. The van der Waals surface area contributed by atoms with E-state index in [-0.39, 0.29) is 76.0 Å². The number of amides is 1. The number of nitrogens with zero attached hydrogens (tertiary/aromatic N) is 3. The van der Waals surface area contributed by atoms with Gasteiger partial charge in [0.2, 0.25) is 0 Å². The summed E-state index contributed by atoms with van der Waals surface area (Å²) in [4.78, 5) is 45.1. The molecule has 17 heteroatoms. The van der Waals surface area contributed by atoms with E-state index in [9.17, 15) is 40.2 Å². The molecule has 6 aliphatic rings. The molecule has 17 nitrogen and oxygen atoms in total. The van der Waals surface area contributed by atoms with E-state index in [2.05, 4.69) is 4.90 Å². The number of likely N-dealkylation sites (tertiary alicyclic amines) is 1. The Hall–Kier alpha value is -4.20. The lowest BCUT2D eigenvalue weighted by atomic mass is 9.71. The van der Waals surface area contributed by atoms with Crippen molar-refractivity contribution in [3.05, 3.63) is 51.6 Å². The van der Waals surface area contributed by atoms with Gasteiger partial charge in [-0.2, -0.15) is 0 Å². The van der Waals surface area contributed by atoms with Crippen molar-refractivity contribution >= 4 is 23.4 Å². The fraction of sp³-hybridized carbons (Fsp3) is 0.590. The van der Waals surface area contributed by atoms with Gasteiger partial charge in [-0.1, -0.05) is 12.1 Å². The van der Waals surface area contributed by atoms with Gasteiger partial charge in [-0.3, -0.25) is 24.8 Å². The zero-order valence-corrected chi connectivity index (χ0v) is 31.7. The standard InChI is InChI=1S/C39H48N4O13/c1-18-35-22(43-12-13-53-37(52-4)36(43)56-35)14-26(54-18)55-24-16-39(50,25(44)17-42-10-8-19(9-11-42)41(2)38(48)49)15-21-28(24)34(47)29-30(33(21)46)32(45)20-6-5-7-23(51-3)27(20)31(29)40/h5-7,18-19,22,24,26,35-37,40,46-47,50H,8-17H2,1-4H3,(H,48,49)/t18-,22-,24-,26-,35+,36+,37-,39-/m0/s1. The van der Waals surface area contributed by atoms with E-state index < -0.39 is 72.2 Å². The van der Waals surface area contributed by atoms with E-state index in [4.69, 9.17) is 28.4 Å². The summed E-state index contributed by atoms with van der Waals surface area (Å²) in [5.74, 6) is -2.01. The minimum atomic E-state index is -2.11. The molecule has 5 N–H and O–H groups in total. The SMILES string of the molecule is COc1cccc2c1C(=N)c1c(O)c3c(c(O)c1C2=O)C[C@@](O)(C(=O)CN1CCC(N(C)C(=O)O)CC1)C[C@@H]3O[C@H]1C[C@H]2[C@H](O[C@@H]3[C@@H](OC)OCCN32)[C@H](C)O1. The first-order valence-electron chi connectivity index (χ1n) is 19.0. The first kappa shape index (κ1) is 38.7. The van der Waals surface area contributed by atoms with Crippen molar-refractivity contribution < 1.29 is 63.2 Å². The Labute approximate surface area is 323 Å². The highest BCUT2D eigenvalue weighted by atomic mass is 16.7. The van der Waals surface area contributed by atoms with Crippen LogP contribution in [0.1, 0.15) is 76.9 Å². The van der Waals surface area contributed by atoms with Gasteiger partial charge in [-0.05, 0) is 25.8 Å². The Morgan fingerprint density at radius 1 is 1.07 bits per heavy atom. The number of hydrogen-bond donors (Lipinski definition) is 5. The Balaban J connectivity index is 1.14. The molecule has 0 spiro atoms. The number of hydrogen-bond acceptors (Lipinski definition) is 15. The highest BCUT2D eigenvalue weighted by molar-refractivity contribution is 6.32. The highest BCUT2D eigenvalue weighted by Crippen LogP contribution is 2.53. The number of aromatic hydroxyl groups is 2. The molecule has 0 aromatic heterocycles. The molecule has 302 valence electrons. The number of ketones is 2. The molecule has 2 aliphatic carbocycles. The molecule has 2 aromatic rings. The highest BCUT2D eigenvalue weighted by Gasteiger charge is 2.55. The molecular weight excluding hydrogens is 732 g/mol. The number of carboxylic acid groups (broad SMARTS) is 1. The largest absolute Gasteiger partial charge is 0.507 e. The van der Waals surface area contributed by atoms with Crippen LogP contribution in [0.3, 0.4) is 0 Å². The lowest BCUT2D eigenvalue weighted by Gasteiger charge is -2.44. The van der Waals surface area contributed by atoms with Gasteiger partial charge in [0, 0.05) is 81.8 Å². The van der Waals surface area contributed by atoms with Crippen molar-refractivity contribution in [3.8, 4) is 17.2 Å². The molecule has 4 saturated heterocycles. The average Bonchev–Trinajstić information content (AvgIpc) is 3.57. The van der Waals surface area contributed by atoms with Gasteiger partial charge < -0.3 is 53.7 Å². The van der Waals surface area contributed by atoms with Gasteiger partial charge in [0.1, 0.15) is 29.0 Å². The monoisotopic (exact) mass is 780 g/mol. The maximum atomic E-state index is 14.2. The molecule has 56 heavy (non-hydrogen) atoms.